The van der Waals surface area contributed by atoms with E-state index in [2.05, 4.69) is 17.6 Å². The lowest BCUT2D eigenvalue weighted by Gasteiger charge is -1.97. The summed E-state index contributed by atoms with van der Waals surface area (Å²) in [6, 6.07) is 7.69. The Kier molecular flexibility index (Phi) is 1.87. The van der Waals surface area contributed by atoms with E-state index in [4.69, 9.17) is 4.42 Å². The first kappa shape index (κ1) is 7.43. The Morgan fingerprint density at radius 1 is 1.25 bits per heavy atom. The summed E-state index contributed by atoms with van der Waals surface area (Å²) in [5.41, 5.74) is 0.922. The zero-order valence-electron chi connectivity index (χ0n) is 6.27. The molecule has 0 saturated carbocycles. The maximum atomic E-state index is 5.14. The minimum Gasteiger partial charge on any atom is -0.444 e. The summed E-state index contributed by atoms with van der Waals surface area (Å²) in [4.78, 5) is 4.91. The molecule has 0 bridgehead atoms. The fourth-order valence-electron chi connectivity index (χ4n) is 1.01. The van der Waals surface area contributed by atoms with Crippen LogP contribution in [0.2, 0.25) is 0 Å². The molecule has 3 heteroatoms. The minimum absolute atomic E-state index is 0.612. The highest BCUT2D eigenvalue weighted by Gasteiger charge is 2.03. The van der Waals surface area contributed by atoms with Crippen molar-refractivity contribution in [2.75, 3.05) is 0 Å². The summed E-state index contributed by atoms with van der Waals surface area (Å²) in [6.45, 7) is 0. The van der Waals surface area contributed by atoms with Gasteiger partial charge in [0.05, 0.1) is 11.8 Å². The summed E-state index contributed by atoms with van der Waals surface area (Å²) in [5, 5.41) is 0. The molecule has 60 valence electrons. The summed E-state index contributed by atoms with van der Waals surface area (Å²) in [7, 11) is 0. The van der Waals surface area contributed by atoms with Gasteiger partial charge < -0.3 is 4.42 Å². The van der Waals surface area contributed by atoms with Crippen LogP contribution in [0, 0.1) is 0 Å². The Hall–Kier alpha value is -1.22. The van der Waals surface area contributed by atoms with E-state index in [0.29, 0.717) is 5.89 Å². The quantitative estimate of drug-likeness (QED) is 0.677. The van der Waals surface area contributed by atoms with Gasteiger partial charge in [0.1, 0.15) is 6.26 Å². The van der Waals surface area contributed by atoms with Crippen LogP contribution in [0.15, 0.2) is 46.0 Å². The third-order valence-corrected chi connectivity index (χ3v) is 1.96. The van der Waals surface area contributed by atoms with Crippen molar-refractivity contribution >= 4 is 12.6 Å². The third-order valence-electron chi connectivity index (χ3n) is 1.57. The van der Waals surface area contributed by atoms with Crippen molar-refractivity contribution in [1.29, 1.82) is 0 Å². The minimum atomic E-state index is 0.612. The predicted molar refractivity (Wildman–Crippen MR) is 49.2 cm³/mol. The molecule has 12 heavy (non-hydrogen) atoms. The molecule has 1 aromatic heterocycles. The molecule has 0 amide bonds. The summed E-state index contributed by atoms with van der Waals surface area (Å²) >= 11 is 4.28. The van der Waals surface area contributed by atoms with Gasteiger partial charge in [-0.25, -0.2) is 4.98 Å². The Morgan fingerprint density at radius 3 is 2.75 bits per heavy atom. The van der Waals surface area contributed by atoms with Gasteiger partial charge in [0.2, 0.25) is 5.89 Å². The van der Waals surface area contributed by atoms with Gasteiger partial charge in [-0.3, -0.25) is 0 Å². The maximum absolute atomic E-state index is 5.14. The monoisotopic (exact) mass is 177 g/mol. The van der Waals surface area contributed by atoms with Crippen molar-refractivity contribution in [3.05, 3.63) is 36.7 Å². The molecule has 2 nitrogen and oxygen atoms in total. The van der Waals surface area contributed by atoms with Gasteiger partial charge >= 0.3 is 0 Å². The van der Waals surface area contributed by atoms with Crippen molar-refractivity contribution in [3.8, 4) is 11.5 Å². The molecule has 0 unspecified atom stereocenters. The van der Waals surface area contributed by atoms with E-state index in [1.54, 1.807) is 12.5 Å². The first-order valence-corrected chi connectivity index (χ1v) is 4.00. The normalized spacial score (nSPS) is 10.1. The molecular formula is C9H7NOS. The zero-order chi connectivity index (χ0) is 8.39. The van der Waals surface area contributed by atoms with Crippen LogP contribution >= 0.6 is 12.6 Å². The number of hydrogen-bond donors (Lipinski definition) is 1. The van der Waals surface area contributed by atoms with Gasteiger partial charge in [-0.1, -0.05) is 12.1 Å². The lowest BCUT2D eigenvalue weighted by molar-refractivity contribution is 0.573. The number of aromatic nitrogens is 1. The lowest BCUT2D eigenvalue weighted by atomic mass is 10.2. The molecule has 0 radical (unpaired) electrons. The lowest BCUT2D eigenvalue weighted by Crippen LogP contribution is -1.77. The highest BCUT2D eigenvalue weighted by Crippen LogP contribution is 2.23. The standard InChI is InChI=1S/C9H7NOS/c12-8-4-2-1-3-7(8)9-10-5-6-11-9/h1-6,12H. The zero-order valence-corrected chi connectivity index (χ0v) is 7.16. The van der Waals surface area contributed by atoms with Gasteiger partial charge in [0, 0.05) is 4.90 Å². The molecule has 0 atom stereocenters. The molecule has 2 rings (SSSR count). The van der Waals surface area contributed by atoms with E-state index >= 15 is 0 Å². The molecule has 0 N–H and O–H groups in total. The highest BCUT2D eigenvalue weighted by molar-refractivity contribution is 7.80. The molecule has 0 aliphatic heterocycles. The summed E-state index contributed by atoms with van der Waals surface area (Å²) in [6.07, 6.45) is 3.17. The molecule has 0 aliphatic carbocycles. The van der Waals surface area contributed by atoms with Crippen molar-refractivity contribution < 1.29 is 4.42 Å². The van der Waals surface area contributed by atoms with Crippen molar-refractivity contribution in [2.45, 2.75) is 4.90 Å². The molecule has 1 aromatic carbocycles. The van der Waals surface area contributed by atoms with Crippen molar-refractivity contribution in [1.82, 2.24) is 4.98 Å². The van der Waals surface area contributed by atoms with Crippen LogP contribution in [0.3, 0.4) is 0 Å². The molecule has 2 aromatic rings. The van der Waals surface area contributed by atoms with Gasteiger partial charge in [-0.2, -0.15) is 0 Å². The van der Waals surface area contributed by atoms with Gasteiger partial charge in [-0.15, -0.1) is 12.6 Å². The van der Waals surface area contributed by atoms with E-state index in [0.717, 1.165) is 10.5 Å². The van der Waals surface area contributed by atoms with Crippen LogP contribution in [-0.4, -0.2) is 4.98 Å². The molecule has 0 fully saturated rings. The average Bonchev–Trinajstić information content (AvgIpc) is 2.57. The molecule has 0 spiro atoms. The summed E-state index contributed by atoms with van der Waals surface area (Å²) < 4.78 is 5.14. The highest BCUT2D eigenvalue weighted by atomic mass is 32.1. The molecule has 0 saturated heterocycles. The topological polar surface area (TPSA) is 26.0 Å². The van der Waals surface area contributed by atoms with Crippen LogP contribution < -0.4 is 0 Å². The van der Waals surface area contributed by atoms with E-state index in [1.165, 1.54) is 0 Å². The number of rotatable bonds is 1. The van der Waals surface area contributed by atoms with Crippen LogP contribution in [0.1, 0.15) is 0 Å². The predicted octanol–water partition coefficient (Wildman–Crippen LogP) is 2.63. The maximum Gasteiger partial charge on any atom is 0.226 e. The second kappa shape index (κ2) is 3.03. The van der Waals surface area contributed by atoms with E-state index < -0.39 is 0 Å². The van der Waals surface area contributed by atoms with Crippen molar-refractivity contribution in [2.24, 2.45) is 0 Å². The number of hydrogen-bond acceptors (Lipinski definition) is 3. The second-order valence-corrected chi connectivity index (χ2v) is 2.84. The van der Waals surface area contributed by atoms with Crippen LogP contribution in [-0.2, 0) is 0 Å². The van der Waals surface area contributed by atoms with E-state index in [9.17, 15) is 0 Å². The smallest absolute Gasteiger partial charge is 0.226 e. The third kappa shape index (κ3) is 1.23. The van der Waals surface area contributed by atoms with Gasteiger partial charge in [-0.05, 0) is 12.1 Å². The number of benzene rings is 1. The van der Waals surface area contributed by atoms with Gasteiger partial charge in [0.15, 0.2) is 0 Å². The van der Waals surface area contributed by atoms with E-state index in [-0.39, 0.29) is 0 Å². The Balaban J connectivity index is 2.55. The molecule has 0 aliphatic rings. The van der Waals surface area contributed by atoms with Crippen LogP contribution in [0.5, 0.6) is 0 Å². The van der Waals surface area contributed by atoms with Crippen LogP contribution in [0.25, 0.3) is 11.5 Å². The summed E-state index contributed by atoms with van der Waals surface area (Å²) in [5.74, 6) is 0.612. The fourth-order valence-corrected chi connectivity index (χ4v) is 1.27. The van der Waals surface area contributed by atoms with Gasteiger partial charge in [0.25, 0.3) is 0 Å². The number of oxazole rings is 1. The second-order valence-electron chi connectivity index (χ2n) is 2.35. The Morgan fingerprint density at radius 2 is 2.08 bits per heavy atom. The molecule has 1 heterocycles. The molecular weight excluding hydrogens is 170 g/mol. The van der Waals surface area contributed by atoms with Crippen molar-refractivity contribution in [3.63, 3.8) is 0 Å². The number of nitrogens with zero attached hydrogens (tertiary/aromatic N) is 1. The Bertz CT molecular complexity index is 370. The number of thiol groups is 1. The average molecular weight is 177 g/mol. The SMILES string of the molecule is Sc1ccccc1-c1ncco1. The fraction of sp³-hybridized carbons (Fsp3) is 0. The first-order chi connectivity index (χ1) is 5.88. The van der Waals surface area contributed by atoms with Crippen LogP contribution in [0.4, 0.5) is 0 Å². The largest absolute Gasteiger partial charge is 0.444 e. The Labute approximate surface area is 75.7 Å². The van der Waals surface area contributed by atoms with E-state index in [1.807, 2.05) is 24.3 Å². The first-order valence-electron chi connectivity index (χ1n) is 3.56.